The lowest BCUT2D eigenvalue weighted by Crippen LogP contribution is -2.07. The zero-order valence-corrected chi connectivity index (χ0v) is 11.1. The number of hydrogen-bond acceptors (Lipinski definition) is 3. The van der Waals surface area contributed by atoms with Crippen LogP contribution < -0.4 is 11.7 Å². The molecule has 0 aliphatic carbocycles. The van der Waals surface area contributed by atoms with Crippen LogP contribution in [0, 0.1) is 0 Å². The zero-order valence-electron chi connectivity index (χ0n) is 8.85. The molecule has 3 nitrogen and oxygen atoms in total. The monoisotopic (exact) mass is 324 g/mol. The molecule has 0 aliphatic rings. The fourth-order valence-corrected chi connectivity index (χ4v) is 0.833. The summed E-state index contributed by atoms with van der Waals surface area (Å²) in [5.41, 5.74) is 0.464. The minimum absolute atomic E-state index is 0.461. The van der Waals surface area contributed by atoms with Crippen molar-refractivity contribution in [2.45, 2.75) is 6.18 Å². The number of carbonyl (C=O) groups excluding carboxylic acids is 1. The van der Waals surface area contributed by atoms with Crippen molar-refractivity contribution in [1.29, 1.82) is 0 Å². The van der Waals surface area contributed by atoms with Crippen molar-refractivity contribution in [3.63, 3.8) is 0 Å². The molecule has 9 heteroatoms. The van der Waals surface area contributed by atoms with E-state index in [4.69, 9.17) is 23.2 Å². The summed E-state index contributed by atoms with van der Waals surface area (Å²) in [6, 6.07) is 6.41. The summed E-state index contributed by atoms with van der Waals surface area (Å²) in [6.07, 6.45) is -4.19. The SMILES string of the molecule is FC(F)(F)CCl.NN.O=C(Cl)c1ccc(Cl)cc1. The van der Waals surface area contributed by atoms with Crippen LogP contribution in [-0.4, -0.2) is 17.3 Å². The quantitative estimate of drug-likeness (QED) is 0.360. The van der Waals surface area contributed by atoms with Gasteiger partial charge in [0.05, 0.1) is 0 Å². The van der Waals surface area contributed by atoms with E-state index in [-0.39, 0.29) is 0 Å². The Morgan fingerprint density at radius 2 is 1.50 bits per heavy atom. The molecule has 0 spiro atoms. The molecule has 18 heavy (non-hydrogen) atoms. The average Bonchev–Trinajstić information content (AvgIpc) is 2.32. The molecule has 0 aliphatic heterocycles. The van der Waals surface area contributed by atoms with Crippen LogP contribution in [-0.2, 0) is 0 Å². The van der Waals surface area contributed by atoms with Gasteiger partial charge in [0.25, 0.3) is 5.24 Å². The van der Waals surface area contributed by atoms with E-state index in [9.17, 15) is 18.0 Å². The van der Waals surface area contributed by atoms with Crippen LogP contribution in [0.1, 0.15) is 10.4 Å². The van der Waals surface area contributed by atoms with Gasteiger partial charge in [-0.3, -0.25) is 16.5 Å². The Kier molecular flexibility index (Phi) is 11.4. The van der Waals surface area contributed by atoms with Gasteiger partial charge in [0.15, 0.2) is 0 Å². The first-order valence-corrected chi connectivity index (χ1v) is 5.47. The molecule has 0 bridgehead atoms. The van der Waals surface area contributed by atoms with Crippen molar-refractivity contribution in [3.05, 3.63) is 34.9 Å². The fraction of sp³-hybridized carbons (Fsp3) is 0.222. The molecule has 1 rings (SSSR count). The molecule has 0 amide bonds. The summed E-state index contributed by atoms with van der Waals surface area (Å²) in [6.45, 7) is 0. The number of alkyl halides is 4. The fourth-order valence-electron chi connectivity index (χ4n) is 0.581. The van der Waals surface area contributed by atoms with E-state index in [0.717, 1.165) is 0 Å². The lowest BCUT2D eigenvalue weighted by Gasteiger charge is -1.94. The van der Waals surface area contributed by atoms with E-state index in [1.54, 1.807) is 24.3 Å². The van der Waals surface area contributed by atoms with Crippen LogP contribution in [0.5, 0.6) is 0 Å². The second-order valence-corrected chi connectivity index (χ2v) is 3.58. The van der Waals surface area contributed by atoms with Gasteiger partial charge < -0.3 is 0 Å². The first kappa shape index (κ1) is 19.8. The topological polar surface area (TPSA) is 69.1 Å². The van der Waals surface area contributed by atoms with Crippen molar-refractivity contribution in [1.82, 2.24) is 0 Å². The maximum Gasteiger partial charge on any atom is 0.402 e. The van der Waals surface area contributed by atoms with Crippen molar-refractivity contribution in [2.75, 3.05) is 5.88 Å². The van der Waals surface area contributed by atoms with Gasteiger partial charge in [0.2, 0.25) is 0 Å². The minimum atomic E-state index is -4.19. The molecule has 4 N–H and O–H groups in total. The number of hydrogen-bond donors (Lipinski definition) is 2. The van der Waals surface area contributed by atoms with Crippen LogP contribution in [0.4, 0.5) is 13.2 Å². The van der Waals surface area contributed by atoms with E-state index < -0.39 is 17.3 Å². The third-order valence-corrected chi connectivity index (χ3v) is 2.00. The van der Waals surface area contributed by atoms with Crippen LogP contribution in [0.15, 0.2) is 24.3 Å². The summed E-state index contributed by atoms with van der Waals surface area (Å²) in [5.74, 6) is 6.74. The van der Waals surface area contributed by atoms with Gasteiger partial charge >= 0.3 is 6.18 Å². The van der Waals surface area contributed by atoms with Crippen LogP contribution in [0.2, 0.25) is 5.02 Å². The Balaban J connectivity index is 0. The molecule has 0 aromatic heterocycles. The highest BCUT2D eigenvalue weighted by Gasteiger charge is 2.24. The molecule has 0 fully saturated rings. The van der Waals surface area contributed by atoms with Gasteiger partial charge in [-0.15, -0.1) is 11.6 Å². The number of hydrazine groups is 1. The molecule has 1 aromatic rings. The van der Waals surface area contributed by atoms with E-state index in [2.05, 4.69) is 23.3 Å². The Morgan fingerprint density at radius 1 is 1.17 bits per heavy atom. The number of rotatable bonds is 1. The van der Waals surface area contributed by atoms with Crippen LogP contribution in [0.3, 0.4) is 0 Å². The lowest BCUT2D eigenvalue weighted by atomic mass is 10.2. The first-order chi connectivity index (χ1) is 8.26. The molecule has 104 valence electrons. The molecule has 0 heterocycles. The first-order valence-electron chi connectivity index (χ1n) is 4.17. The van der Waals surface area contributed by atoms with Gasteiger partial charge in [-0.1, -0.05) is 11.6 Å². The smallest absolute Gasteiger partial charge is 0.276 e. The molecule has 0 saturated carbocycles. The van der Waals surface area contributed by atoms with Gasteiger partial charge in [0, 0.05) is 10.6 Å². The Bertz CT molecular complexity index is 344. The largest absolute Gasteiger partial charge is 0.402 e. The summed E-state index contributed by atoms with van der Waals surface area (Å²) < 4.78 is 32.0. The molecular formula is C9H10Cl3F3N2O. The third kappa shape index (κ3) is 11.9. The van der Waals surface area contributed by atoms with Gasteiger partial charge in [-0.2, -0.15) is 13.2 Å². The molecule has 1 aromatic carbocycles. The Labute approximate surface area is 117 Å². The van der Waals surface area contributed by atoms with Crippen molar-refractivity contribution in [3.8, 4) is 0 Å². The molecule has 0 unspecified atom stereocenters. The van der Waals surface area contributed by atoms with Crippen LogP contribution >= 0.6 is 34.8 Å². The normalized spacial score (nSPS) is 9.56. The molecule has 0 saturated heterocycles. The van der Waals surface area contributed by atoms with Gasteiger partial charge in [-0.25, -0.2) is 0 Å². The number of nitrogens with two attached hydrogens (primary N) is 2. The Morgan fingerprint density at radius 3 is 1.72 bits per heavy atom. The number of halogens is 6. The maximum atomic E-state index is 10.7. The van der Waals surface area contributed by atoms with E-state index in [0.29, 0.717) is 10.6 Å². The standard InChI is InChI=1S/C7H4Cl2O.C2H2ClF3.H4N2/c8-6-3-1-5(2-4-6)7(9)10;3-1-2(4,5)6;1-2/h1-4H;1H2;1-2H2. The minimum Gasteiger partial charge on any atom is -0.276 e. The molecule has 0 atom stereocenters. The van der Waals surface area contributed by atoms with Crippen molar-refractivity contribution >= 4 is 40.0 Å². The second kappa shape index (κ2) is 10.4. The number of benzene rings is 1. The van der Waals surface area contributed by atoms with E-state index in [1.807, 2.05) is 0 Å². The highest BCUT2D eigenvalue weighted by atomic mass is 35.5. The number of carbonyl (C=O) groups is 1. The highest BCUT2D eigenvalue weighted by molar-refractivity contribution is 6.67. The predicted molar refractivity (Wildman–Crippen MR) is 66.8 cm³/mol. The summed E-state index contributed by atoms with van der Waals surface area (Å²) in [5, 5.41) is 0.137. The summed E-state index contributed by atoms with van der Waals surface area (Å²) in [7, 11) is 0. The average molecular weight is 326 g/mol. The summed E-state index contributed by atoms with van der Waals surface area (Å²) in [4.78, 5) is 10.5. The zero-order chi connectivity index (χ0) is 14.8. The van der Waals surface area contributed by atoms with E-state index >= 15 is 0 Å². The summed E-state index contributed by atoms with van der Waals surface area (Å²) >= 11 is 15.1. The molecular weight excluding hydrogens is 315 g/mol. The van der Waals surface area contributed by atoms with Gasteiger partial charge in [-0.05, 0) is 35.9 Å². The van der Waals surface area contributed by atoms with Crippen LogP contribution in [0.25, 0.3) is 0 Å². The van der Waals surface area contributed by atoms with Crippen molar-refractivity contribution < 1.29 is 18.0 Å². The Hall–Kier alpha value is -0.530. The third-order valence-electron chi connectivity index (χ3n) is 1.22. The predicted octanol–water partition coefficient (Wildman–Crippen LogP) is 3.33. The molecule has 0 radical (unpaired) electrons. The highest BCUT2D eigenvalue weighted by Crippen LogP contribution is 2.15. The second-order valence-electron chi connectivity index (χ2n) is 2.53. The van der Waals surface area contributed by atoms with Gasteiger partial charge in [0.1, 0.15) is 5.88 Å². The lowest BCUT2D eigenvalue weighted by molar-refractivity contribution is -0.106. The van der Waals surface area contributed by atoms with Crippen molar-refractivity contribution in [2.24, 2.45) is 11.7 Å². The van der Waals surface area contributed by atoms with E-state index in [1.165, 1.54) is 0 Å². The maximum absolute atomic E-state index is 10.7.